The first-order valence-corrected chi connectivity index (χ1v) is 3.93. The SMILES string of the molecule is CC(C)c1nncn2ccnc12. The number of nitrogens with zero attached hydrogens (tertiary/aromatic N) is 4. The molecule has 0 spiro atoms. The number of fused-ring (bicyclic) bond motifs is 1. The van der Waals surface area contributed by atoms with Gasteiger partial charge in [0, 0.05) is 18.3 Å². The summed E-state index contributed by atoms with van der Waals surface area (Å²) in [4.78, 5) is 4.20. The van der Waals surface area contributed by atoms with Crippen molar-refractivity contribution in [2.24, 2.45) is 0 Å². The largest absolute Gasteiger partial charge is 0.287 e. The van der Waals surface area contributed by atoms with Crippen LogP contribution < -0.4 is 0 Å². The molecule has 0 aliphatic heterocycles. The highest BCUT2D eigenvalue weighted by Gasteiger charge is 2.07. The summed E-state index contributed by atoms with van der Waals surface area (Å²) < 4.78 is 1.88. The van der Waals surface area contributed by atoms with Crippen LogP contribution in [-0.2, 0) is 0 Å². The van der Waals surface area contributed by atoms with Gasteiger partial charge in [-0.15, -0.1) is 10.2 Å². The van der Waals surface area contributed by atoms with Crippen LogP contribution >= 0.6 is 0 Å². The lowest BCUT2D eigenvalue weighted by Crippen LogP contribution is -2.00. The summed E-state index contributed by atoms with van der Waals surface area (Å²) in [5.41, 5.74) is 1.85. The fraction of sp³-hybridized carbons (Fsp3) is 0.375. The second-order valence-corrected chi connectivity index (χ2v) is 3.03. The number of rotatable bonds is 1. The van der Waals surface area contributed by atoms with Crippen molar-refractivity contribution >= 4 is 5.65 Å². The molecule has 0 aliphatic carbocycles. The van der Waals surface area contributed by atoms with E-state index in [0.717, 1.165) is 11.3 Å². The Morgan fingerprint density at radius 1 is 1.42 bits per heavy atom. The second kappa shape index (κ2) is 2.55. The van der Waals surface area contributed by atoms with Crippen LogP contribution in [0.4, 0.5) is 0 Å². The van der Waals surface area contributed by atoms with Crippen LogP contribution in [0, 0.1) is 0 Å². The quantitative estimate of drug-likeness (QED) is 0.633. The van der Waals surface area contributed by atoms with E-state index < -0.39 is 0 Å². The van der Waals surface area contributed by atoms with Gasteiger partial charge in [0.15, 0.2) is 5.65 Å². The van der Waals surface area contributed by atoms with Crippen LogP contribution in [0.15, 0.2) is 18.7 Å². The van der Waals surface area contributed by atoms with Gasteiger partial charge in [0.1, 0.15) is 12.0 Å². The molecular weight excluding hydrogens is 152 g/mol. The van der Waals surface area contributed by atoms with Crippen LogP contribution in [0.5, 0.6) is 0 Å². The molecule has 2 rings (SSSR count). The fourth-order valence-electron chi connectivity index (χ4n) is 1.17. The normalized spacial score (nSPS) is 11.2. The molecule has 0 amide bonds. The molecule has 2 aromatic heterocycles. The van der Waals surface area contributed by atoms with E-state index in [1.807, 2.05) is 10.6 Å². The van der Waals surface area contributed by atoms with Crippen LogP contribution in [0.1, 0.15) is 25.5 Å². The smallest absolute Gasteiger partial charge is 0.161 e. The lowest BCUT2D eigenvalue weighted by molar-refractivity contribution is 0.770. The molecule has 12 heavy (non-hydrogen) atoms. The van der Waals surface area contributed by atoms with E-state index in [-0.39, 0.29) is 0 Å². The van der Waals surface area contributed by atoms with Crippen molar-refractivity contribution in [2.45, 2.75) is 19.8 Å². The molecule has 4 nitrogen and oxygen atoms in total. The predicted octanol–water partition coefficient (Wildman–Crippen LogP) is 1.25. The molecule has 0 fully saturated rings. The van der Waals surface area contributed by atoms with Crippen molar-refractivity contribution in [3.05, 3.63) is 24.4 Å². The van der Waals surface area contributed by atoms with Crippen LogP contribution in [0.3, 0.4) is 0 Å². The molecule has 0 bridgehead atoms. The molecule has 4 heteroatoms. The Kier molecular flexibility index (Phi) is 1.53. The average molecular weight is 162 g/mol. The van der Waals surface area contributed by atoms with Gasteiger partial charge in [-0.3, -0.25) is 4.40 Å². The third-order valence-electron chi connectivity index (χ3n) is 1.79. The Bertz CT molecular complexity index is 391. The Balaban J connectivity index is 2.73. The van der Waals surface area contributed by atoms with Crippen molar-refractivity contribution in [3.63, 3.8) is 0 Å². The molecule has 0 saturated heterocycles. The number of hydrogen-bond donors (Lipinski definition) is 0. The first-order chi connectivity index (χ1) is 5.79. The fourth-order valence-corrected chi connectivity index (χ4v) is 1.17. The van der Waals surface area contributed by atoms with Gasteiger partial charge in [0.2, 0.25) is 0 Å². The van der Waals surface area contributed by atoms with Crippen LogP contribution in [-0.4, -0.2) is 19.6 Å². The second-order valence-electron chi connectivity index (χ2n) is 3.03. The third-order valence-corrected chi connectivity index (χ3v) is 1.79. The van der Waals surface area contributed by atoms with Crippen molar-refractivity contribution in [1.29, 1.82) is 0 Å². The minimum absolute atomic E-state index is 0.364. The van der Waals surface area contributed by atoms with E-state index in [2.05, 4.69) is 29.0 Å². The first kappa shape index (κ1) is 7.21. The number of aromatic nitrogens is 4. The van der Waals surface area contributed by atoms with E-state index >= 15 is 0 Å². The van der Waals surface area contributed by atoms with Gasteiger partial charge < -0.3 is 0 Å². The lowest BCUT2D eigenvalue weighted by Gasteiger charge is -2.02. The molecule has 0 saturated carbocycles. The molecule has 0 aromatic carbocycles. The van der Waals surface area contributed by atoms with E-state index in [9.17, 15) is 0 Å². The average Bonchev–Trinajstić information content (AvgIpc) is 2.49. The Morgan fingerprint density at radius 2 is 2.25 bits per heavy atom. The maximum absolute atomic E-state index is 4.20. The zero-order valence-electron chi connectivity index (χ0n) is 7.10. The van der Waals surface area contributed by atoms with Gasteiger partial charge in [-0.25, -0.2) is 4.98 Å². The molecule has 0 atom stereocenters. The number of hydrogen-bond acceptors (Lipinski definition) is 3. The van der Waals surface area contributed by atoms with Gasteiger partial charge >= 0.3 is 0 Å². The molecule has 62 valence electrons. The van der Waals surface area contributed by atoms with Gasteiger partial charge in [0.25, 0.3) is 0 Å². The topological polar surface area (TPSA) is 43.1 Å². The van der Waals surface area contributed by atoms with Gasteiger partial charge in [-0.2, -0.15) is 0 Å². The molecule has 0 radical (unpaired) electrons. The summed E-state index contributed by atoms with van der Waals surface area (Å²) in [5, 5.41) is 7.92. The van der Waals surface area contributed by atoms with E-state index in [0.29, 0.717) is 5.92 Å². The Morgan fingerprint density at radius 3 is 3.00 bits per heavy atom. The van der Waals surface area contributed by atoms with Crippen molar-refractivity contribution in [2.75, 3.05) is 0 Å². The summed E-state index contributed by atoms with van der Waals surface area (Å²) in [6.07, 6.45) is 5.29. The van der Waals surface area contributed by atoms with E-state index in [1.54, 1.807) is 12.5 Å². The summed E-state index contributed by atoms with van der Waals surface area (Å²) in [6, 6.07) is 0. The summed E-state index contributed by atoms with van der Waals surface area (Å²) in [6.45, 7) is 4.16. The van der Waals surface area contributed by atoms with Gasteiger partial charge in [-0.1, -0.05) is 13.8 Å². The zero-order valence-corrected chi connectivity index (χ0v) is 7.10. The first-order valence-electron chi connectivity index (χ1n) is 3.93. The summed E-state index contributed by atoms with van der Waals surface area (Å²) in [5.74, 6) is 0.364. The Labute approximate surface area is 70.3 Å². The molecule has 0 N–H and O–H groups in total. The lowest BCUT2D eigenvalue weighted by atomic mass is 10.1. The highest BCUT2D eigenvalue weighted by atomic mass is 15.2. The minimum Gasteiger partial charge on any atom is -0.287 e. The maximum atomic E-state index is 4.20. The van der Waals surface area contributed by atoms with Gasteiger partial charge in [0.05, 0.1) is 0 Å². The van der Waals surface area contributed by atoms with Crippen molar-refractivity contribution < 1.29 is 0 Å². The monoisotopic (exact) mass is 162 g/mol. The van der Waals surface area contributed by atoms with E-state index in [1.165, 1.54) is 0 Å². The zero-order chi connectivity index (χ0) is 8.55. The highest BCUT2D eigenvalue weighted by molar-refractivity contribution is 5.43. The minimum atomic E-state index is 0.364. The maximum Gasteiger partial charge on any atom is 0.161 e. The molecular formula is C8H10N4. The molecule has 0 unspecified atom stereocenters. The summed E-state index contributed by atoms with van der Waals surface area (Å²) in [7, 11) is 0. The van der Waals surface area contributed by atoms with Crippen LogP contribution in [0.2, 0.25) is 0 Å². The third kappa shape index (κ3) is 0.958. The van der Waals surface area contributed by atoms with E-state index in [4.69, 9.17) is 0 Å². The predicted molar refractivity (Wildman–Crippen MR) is 44.9 cm³/mol. The number of imidazole rings is 1. The van der Waals surface area contributed by atoms with Crippen LogP contribution in [0.25, 0.3) is 5.65 Å². The van der Waals surface area contributed by atoms with Crippen molar-refractivity contribution in [1.82, 2.24) is 19.6 Å². The summed E-state index contributed by atoms with van der Waals surface area (Å²) >= 11 is 0. The molecule has 0 aliphatic rings. The molecule has 2 aromatic rings. The standard InChI is InChI=1S/C8H10N4/c1-6(2)7-8-9-3-4-12(8)5-10-11-7/h3-6H,1-2H3. The highest BCUT2D eigenvalue weighted by Crippen LogP contribution is 2.14. The Hall–Kier alpha value is -1.45. The van der Waals surface area contributed by atoms with Crippen molar-refractivity contribution in [3.8, 4) is 0 Å². The van der Waals surface area contributed by atoms with Gasteiger partial charge in [-0.05, 0) is 0 Å². The molecule has 2 heterocycles.